The molecular formula is C21H22ClFN4O. The highest BCUT2D eigenvalue weighted by atomic mass is 35.5. The van der Waals surface area contributed by atoms with E-state index in [1.807, 2.05) is 36.3 Å². The lowest BCUT2D eigenvalue weighted by molar-refractivity contribution is 0.200. The van der Waals surface area contributed by atoms with Crippen LogP contribution in [-0.2, 0) is 0 Å². The molecule has 0 bridgehead atoms. The minimum absolute atomic E-state index is 0.0785. The van der Waals surface area contributed by atoms with Crippen LogP contribution in [0.5, 0.6) is 0 Å². The average molecular weight is 401 g/mol. The smallest absolute Gasteiger partial charge is 0.317 e. The molecule has 146 valence electrons. The first-order valence-corrected chi connectivity index (χ1v) is 9.67. The Hall–Kier alpha value is -2.57. The molecule has 0 saturated carbocycles. The predicted octanol–water partition coefficient (Wildman–Crippen LogP) is 3.71. The maximum absolute atomic E-state index is 13.6. The lowest BCUT2D eigenvalue weighted by Crippen LogP contribution is -2.42. The minimum Gasteiger partial charge on any atom is -0.361 e. The summed E-state index contributed by atoms with van der Waals surface area (Å²) in [6, 6.07) is 12.1. The van der Waals surface area contributed by atoms with Crippen molar-refractivity contribution in [2.45, 2.75) is 12.0 Å². The quantitative estimate of drug-likeness (QED) is 0.590. The standard InChI is InChI=1S/C21H22ClFN4O/c1-24-8-9-27-19(12-26-21(27)28)20(13-2-5-15(23)6-3-13)17-11-25-18-7-4-14(22)10-16(17)18/h2-7,10-11,19-20,24-25H,8-9,12H2,1H3,(H,26,28). The second-order valence-electron chi connectivity index (χ2n) is 7.01. The highest BCUT2D eigenvalue weighted by Crippen LogP contribution is 2.37. The molecule has 3 aromatic rings. The van der Waals surface area contributed by atoms with Crippen LogP contribution < -0.4 is 10.6 Å². The van der Waals surface area contributed by atoms with Gasteiger partial charge in [-0.1, -0.05) is 23.7 Å². The van der Waals surface area contributed by atoms with E-state index in [0.29, 0.717) is 24.7 Å². The van der Waals surface area contributed by atoms with Crippen LogP contribution in [0.3, 0.4) is 0 Å². The molecule has 2 aromatic carbocycles. The van der Waals surface area contributed by atoms with Gasteiger partial charge in [-0.05, 0) is 48.5 Å². The minimum atomic E-state index is -0.280. The van der Waals surface area contributed by atoms with E-state index in [2.05, 4.69) is 15.6 Å². The number of hydrogen-bond donors (Lipinski definition) is 3. The highest BCUT2D eigenvalue weighted by molar-refractivity contribution is 6.31. The van der Waals surface area contributed by atoms with Gasteiger partial charge < -0.3 is 20.5 Å². The van der Waals surface area contributed by atoms with Gasteiger partial charge in [0, 0.05) is 47.7 Å². The van der Waals surface area contributed by atoms with Gasteiger partial charge in [0.1, 0.15) is 5.82 Å². The van der Waals surface area contributed by atoms with E-state index in [-0.39, 0.29) is 23.8 Å². The van der Waals surface area contributed by atoms with E-state index >= 15 is 0 Å². The van der Waals surface area contributed by atoms with Crippen molar-refractivity contribution < 1.29 is 9.18 Å². The van der Waals surface area contributed by atoms with E-state index in [1.165, 1.54) is 12.1 Å². The molecule has 1 aromatic heterocycles. The van der Waals surface area contributed by atoms with Crippen molar-refractivity contribution in [3.63, 3.8) is 0 Å². The number of rotatable bonds is 6. The third kappa shape index (κ3) is 3.45. The number of H-pyrrole nitrogens is 1. The molecule has 2 unspecified atom stereocenters. The van der Waals surface area contributed by atoms with Crippen LogP contribution in [-0.4, -0.2) is 48.6 Å². The maximum atomic E-state index is 13.6. The molecule has 1 aliphatic rings. The lowest BCUT2D eigenvalue weighted by Gasteiger charge is -2.31. The van der Waals surface area contributed by atoms with Crippen molar-refractivity contribution in [3.8, 4) is 0 Å². The maximum Gasteiger partial charge on any atom is 0.317 e. The van der Waals surface area contributed by atoms with Gasteiger partial charge in [0.25, 0.3) is 0 Å². The fourth-order valence-corrected chi connectivity index (χ4v) is 4.17. The Kier molecular flexibility index (Phi) is 5.24. The first-order valence-electron chi connectivity index (χ1n) is 9.29. The first kappa shape index (κ1) is 18.8. The third-order valence-corrected chi connectivity index (χ3v) is 5.59. The zero-order chi connectivity index (χ0) is 19.7. The molecule has 4 rings (SSSR count). The predicted molar refractivity (Wildman–Crippen MR) is 109 cm³/mol. The molecule has 0 spiro atoms. The Morgan fingerprint density at radius 2 is 2.07 bits per heavy atom. The number of fused-ring (bicyclic) bond motifs is 1. The average Bonchev–Trinajstić information content (AvgIpc) is 3.26. The number of urea groups is 1. The molecule has 1 saturated heterocycles. The summed E-state index contributed by atoms with van der Waals surface area (Å²) in [5.41, 5.74) is 2.98. The van der Waals surface area contributed by atoms with Crippen LogP contribution in [0.25, 0.3) is 10.9 Å². The first-order chi connectivity index (χ1) is 13.6. The van der Waals surface area contributed by atoms with E-state index < -0.39 is 0 Å². The van der Waals surface area contributed by atoms with Crippen molar-refractivity contribution in [2.24, 2.45) is 0 Å². The van der Waals surface area contributed by atoms with Gasteiger partial charge in [0.15, 0.2) is 0 Å². The fourth-order valence-electron chi connectivity index (χ4n) is 4.00. The second kappa shape index (κ2) is 7.81. The molecule has 0 aliphatic carbocycles. The summed E-state index contributed by atoms with van der Waals surface area (Å²) < 4.78 is 13.6. The number of nitrogens with zero attached hydrogens (tertiary/aromatic N) is 1. The zero-order valence-corrected chi connectivity index (χ0v) is 16.3. The molecular weight excluding hydrogens is 379 g/mol. The molecule has 0 radical (unpaired) electrons. The van der Waals surface area contributed by atoms with E-state index in [1.54, 1.807) is 12.1 Å². The SMILES string of the molecule is CNCCN1C(=O)NCC1C(c1ccc(F)cc1)c1c[nH]c2ccc(Cl)cc12. The number of halogens is 2. The molecule has 1 aliphatic heterocycles. The van der Waals surface area contributed by atoms with Crippen LogP contribution in [0, 0.1) is 5.82 Å². The molecule has 28 heavy (non-hydrogen) atoms. The molecule has 5 nitrogen and oxygen atoms in total. The van der Waals surface area contributed by atoms with E-state index in [0.717, 1.165) is 22.0 Å². The number of amides is 2. The van der Waals surface area contributed by atoms with Crippen molar-refractivity contribution in [1.82, 2.24) is 20.5 Å². The van der Waals surface area contributed by atoms with Crippen LogP contribution in [0.1, 0.15) is 17.0 Å². The third-order valence-electron chi connectivity index (χ3n) is 5.35. The topological polar surface area (TPSA) is 60.2 Å². The number of benzene rings is 2. The van der Waals surface area contributed by atoms with Gasteiger partial charge >= 0.3 is 6.03 Å². The molecule has 2 atom stereocenters. The molecule has 1 fully saturated rings. The summed E-state index contributed by atoms with van der Waals surface area (Å²) >= 11 is 6.25. The van der Waals surface area contributed by atoms with Crippen LogP contribution >= 0.6 is 11.6 Å². The van der Waals surface area contributed by atoms with Gasteiger partial charge in [-0.3, -0.25) is 0 Å². The summed E-state index contributed by atoms with van der Waals surface area (Å²) in [5.74, 6) is -0.402. The van der Waals surface area contributed by atoms with Crippen molar-refractivity contribution in [1.29, 1.82) is 0 Å². The van der Waals surface area contributed by atoms with Gasteiger partial charge in [-0.15, -0.1) is 0 Å². The lowest BCUT2D eigenvalue weighted by atomic mass is 9.84. The largest absolute Gasteiger partial charge is 0.361 e. The number of aromatic nitrogens is 1. The van der Waals surface area contributed by atoms with E-state index in [4.69, 9.17) is 11.6 Å². The summed E-state index contributed by atoms with van der Waals surface area (Å²) in [5, 5.41) is 7.72. The Labute approximate surface area is 167 Å². The number of aromatic amines is 1. The number of nitrogens with one attached hydrogen (secondary N) is 3. The monoisotopic (exact) mass is 400 g/mol. The normalized spacial score (nSPS) is 17.9. The molecule has 3 N–H and O–H groups in total. The Morgan fingerprint density at radius 3 is 2.82 bits per heavy atom. The highest BCUT2D eigenvalue weighted by Gasteiger charge is 2.38. The number of carbonyl (C=O) groups excluding carboxylic acids is 1. The van der Waals surface area contributed by atoms with Gasteiger partial charge in [-0.2, -0.15) is 0 Å². The van der Waals surface area contributed by atoms with Crippen LogP contribution in [0.2, 0.25) is 5.02 Å². The summed E-state index contributed by atoms with van der Waals surface area (Å²) in [6.07, 6.45) is 1.97. The summed E-state index contributed by atoms with van der Waals surface area (Å²) in [4.78, 5) is 17.6. The number of carbonyl (C=O) groups is 1. The molecule has 2 amide bonds. The van der Waals surface area contributed by atoms with Crippen molar-refractivity contribution >= 4 is 28.5 Å². The Bertz CT molecular complexity index is 988. The van der Waals surface area contributed by atoms with Crippen molar-refractivity contribution in [2.75, 3.05) is 26.7 Å². The molecule has 7 heteroatoms. The van der Waals surface area contributed by atoms with Crippen LogP contribution in [0.4, 0.5) is 9.18 Å². The fraction of sp³-hybridized carbons (Fsp3) is 0.286. The number of likely N-dealkylation sites (N-methyl/N-ethyl adjacent to an activating group) is 1. The number of hydrogen-bond acceptors (Lipinski definition) is 2. The van der Waals surface area contributed by atoms with Gasteiger partial charge in [-0.25, -0.2) is 9.18 Å². The van der Waals surface area contributed by atoms with Gasteiger partial charge in [0.05, 0.1) is 6.04 Å². The second-order valence-corrected chi connectivity index (χ2v) is 7.45. The van der Waals surface area contributed by atoms with Gasteiger partial charge in [0.2, 0.25) is 0 Å². The van der Waals surface area contributed by atoms with E-state index in [9.17, 15) is 9.18 Å². The summed E-state index contributed by atoms with van der Waals surface area (Å²) in [6.45, 7) is 1.81. The Balaban J connectivity index is 1.83. The van der Waals surface area contributed by atoms with Crippen molar-refractivity contribution in [3.05, 3.63) is 70.6 Å². The Morgan fingerprint density at radius 1 is 1.29 bits per heavy atom. The zero-order valence-electron chi connectivity index (χ0n) is 15.5. The molecule has 2 heterocycles. The summed E-state index contributed by atoms with van der Waals surface area (Å²) in [7, 11) is 1.86. The van der Waals surface area contributed by atoms with Crippen LogP contribution in [0.15, 0.2) is 48.7 Å².